The largest absolute Gasteiger partial charge is 0.384 e. The monoisotopic (exact) mass is 440 g/mol. The Balaban J connectivity index is 1.90. The van der Waals surface area contributed by atoms with Crippen LogP contribution in [0.3, 0.4) is 0 Å². The van der Waals surface area contributed by atoms with E-state index in [1.165, 1.54) is 0 Å². The Morgan fingerprint density at radius 1 is 1.06 bits per heavy atom. The van der Waals surface area contributed by atoms with Crippen LogP contribution < -0.4 is 15.5 Å². The molecule has 1 atom stereocenters. The first-order valence-electron chi connectivity index (χ1n) is 11.7. The standard InChI is InChI=1S/C28H32N4O/c1-5-31(6-2)20-14-12-19(13-15-20)25-22(18-29)27(30)32(21-10-8-7-9-11-21)23-16-28(3,4)17-24(33)26(23)25/h7-15,25H,5-6,16-17,30H2,1-4H3/t25-/m0/s1. The normalized spacial score (nSPS) is 19.9. The zero-order valence-corrected chi connectivity index (χ0v) is 19.9. The first-order valence-corrected chi connectivity index (χ1v) is 11.7. The van der Waals surface area contributed by atoms with Gasteiger partial charge in [-0.15, -0.1) is 0 Å². The van der Waals surface area contributed by atoms with Crippen molar-refractivity contribution in [2.75, 3.05) is 22.9 Å². The average molecular weight is 441 g/mol. The third kappa shape index (κ3) is 4.02. The zero-order valence-electron chi connectivity index (χ0n) is 19.9. The summed E-state index contributed by atoms with van der Waals surface area (Å²) in [6, 6.07) is 20.4. The molecule has 5 nitrogen and oxygen atoms in total. The van der Waals surface area contributed by atoms with Crippen molar-refractivity contribution in [3.63, 3.8) is 0 Å². The highest BCUT2D eigenvalue weighted by atomic mass is 16.1. The van der Waals surface area contributed by atoms with Crippen LogP contribution in [0.4, 0.5) is 11.4 Å². The summed E-state index contributed by atoms with van der Waals surface area (Å²) in [7, 11) is 0. The number of ketones is 1. The molecule has 0 bridgehead atoms. The first kappa shape index (κ1) is 22.7. The Kier molecular flexibility index (Phi) is 6.03. The van der Waals surface area contributed by atoms with Crippen LogP contribution in [0.1, 0.15) is 52.0 Å². The van der Waals surface area contributed by atoms with Gasteiger partial charge in [-0.3, -0.25) is 9.69 Å². The van der Waals surface area contributed by atoms with Crippen molar-refractivity contribution in [1.82, 2.24) is 0 Å². The van der Waals surface area contributed by atoms with Crippen LogP contribution in [-0.2, 0) is 4.79 Å². The van der Waals surface area contributed by atoms with Crippen LogP contribution in [-0.4, -0.2) is 18.9 Å². The predicted octanol–water partition coefficient (Wildman–Crippen LogP) is 5.47. The minimum absolute atomic E-state index is 0.0975. The molecule has 0 radical (unpaired) electrons. The van der Waals surface area contributed by atoms with Gasteiger partial charge in [-0.25, -0.2) is 0 Å². The molecule has 1 heterocycles. The van der Waals surface area contributed by atoms with E-state index in [9.17, 15) is 10.1 Å². The van der Waals surface area contributed by atoms with Gasteiger partial charge in [0, 0.05) is 42.2 Å². The molecular formula is C28H32N4O. The van der Waals surface area contributed by atoms with Crippen LogP contribution in [0.2, 0.25) is 0 Å². The topological polar surface area (TPSA) is 73.4 Å². The quantitative estimate of drug-likeness (QED) is 0.667. The molecule has 2 N–H and O–H groups in total. The fourth-order valence-corrected chi connectivity index (χ4v) is 5.18. The van der Waals surface area contributed by atoms with E-state index in [-0.39, 0.29) is 11.2 Å². The Bertz CT molecular complexity index is 1150. The SMILES string of the molecule is CCN(CC)c1ccc([C@H]2C(C#N)=C(N)N(c3ccccc3)C3=C2C(=O)CC(C)(C)C3)cc1. The van der Waals surface area contributed by atoms with E-state index in [1.54, 1.807) is 0 Å². The summed E-state index contributed by atoms with van der Waals surface area (Å²) in [4.78, 5) is 17.8. The van der Waals surface area contributed by atoms with E-state index < -0.39 is 5.92 Å². The number of Topliss-reactive ketones (excluding diaryl/α,β-unsaturated/α-hetero) is 1. The highest BCUT2D eigenvalue weighted by Crippen LogP contribution is 2.50. The first-order chi connectivity index (χ1) is 15.8. The number of para-hydroxylation sites is 1. The van der Waals surface area contributed by atoms with E-state index in [4.69, 9.17) is 5.73 Å². The van der Waals surface area contributed by atoms with Crippen LogP contribution in [0.5, 0.6) is 0 Å². The van der Waals surface area contributed by atoms with Crippen molar-refractivity contribution in [2.24, 2.45) is 11.1 Å². The number of hydrogen-bond acceptors (Lipinski definition) is 5. The van der Waals surface area contributed by atoms with Crippen molar-refractivity contribution in [3.05, 3.63) is 82.8 Å². The second-order valence-corrected chi connectivity index (χ2v) is 9.58. The second kappa shape index (κ2) is 8.78. The van der Waals surface area contributed by atoms with Gasteiger partial charge in [-0.05, 0) is 55.5 Å². The van der Waals surface area contributed by atoms with Crippen molar-refractivity contribution >= 4 is 17.2 Å². The Hall–Kier alpha value is -3.52. The summed E-state index contributed by atoms with van der Waals surface area (Å²) in [5.74, 6) is 0.0605. The number of allylic oxidation sites excluding steroid dienone is 3. The third-order valence-electron chi connectivity index (χ3n) is 6.75. The van der Waals surface area contributed by atoms with Gasteiger partial charge in [0.05, 0.1) is 17.6 Å². The maximum absolute atomic E-state index is 13.6. The number of hydrogen-bond donors (Lipinski definition) is 1. The molecule has 0 saturated heterocycles. The molecule has 4 rings (SSSR count). The van der Waals surface area contributed by atoms with Gasteiger partial charge in [0.15, 0.2) is 5.78 Å². The van der Waals surface area contributed by atoms with E-state index in [2.05, 4.69) is 50.8 Å². The lowest BCUT2D eigenvalue weighted by molar-refractivity contribution is -0.118. The predicted molar refractivity (Wildman–Crippen MR) is 134 cm³/mol. The summed E-state index contributed by atoms with van der Waals surface area (Å²) < 4.78 is 0. The van der Waals surface area contributed by atoms with Gasteiger partial charge < -0.3 is 10.6 Å². The summed E-state index contributed by atoms with van der Waals surface area (Å²) in [6.45, 7) is 10.3. The van der Waals surface area contributed by atoms with Crippen LogP contribution in [0.25, 0.3) is 0 Å². The van der Waals surface area contributed by atoms with Crippen LogP contribution >= 0.6 is 0 Å². The number of rotatable bonds is 5. The number of nitriles is 1. The lowest BCUT2D eigenvalue weighted by atomic mass is 9.68. The van der Waals surface area contributed by atoms with Gasteiger partial charge in [-0.2, -0.15) is 5.26 Å². The molecule has 5 heteroatoms. The molecule has 33 heavy (non-hydrogen) atoms. The van der Waals surface area contributed by atoms with Crippen LogP contribution in [0.15, 0.2) is 77.3 Å². The number of anilines is 2. The molecule has 2 aromatic rings. The molecule has 1 aliphatic carbocycles. The van der Waals surface area contributed by atoms with Gasteiger partial charge >= 0.3 is 0 Å². The average Bonchev–Trinajstić information content (AvgIpc) is 2.79. The van der Waals surface area contributed by atoms with Crippen LogP contribution in [0, 0.1) is 16.7 Å². The molecular weight excluding hydrogens is 408 g/mol. The number of benzene rings is 2. The van der Waals surface area contributed by atoms with E-state index in [0.29, 0.717) is 23.4 Å². The van der Waals surface area contributed by atoms with Crippen molar-refractivity contribution < 1.29 is 4.79 Å². The number of carbonyl (C=O) groups excluding carboxylic acids is 1. The molecule has 0 saturated carbocycles. The molecule has 1 aliphatic heterocycles. The van der Waals surface area contributed by atoms with Crippen molar-refractivity contribution in [2.45, 2.75) is 46.5 Å². The summed E-state index contributed by atoms with van der Waals surface area (Å²) in [5, 5.41) is 10.2. The van der Waals surface area contributed by atoms with E-state index in [0.717, 1.165) is 42.1 Å². The molecule has 0 aromatic heterocycles. The number of nitrogens with zero attached hydrogens (tertiary/aromatic N) is 3. The Morgan fingerprint density at radius 2 is 1.70 bits per heavy atom. The molecule has 0 spiro atoms. The van der Waals surface area contributed by atoms with E-state index >= 15 is 0 Å². The lowest BCUT2D eigenvalue weighted by Crippen LogP contribution is -2.42. The highest BCUT2D eigenvalue weighted by Gasteiger charge is 2.44. The summed E-state index contributed by atoms with van der Waals surface area (Å²) in [6.07, 6.45) is 1.18. The van der Waals surface area contributed by atoms with Gasteiger partial charge in [-0.1, -0.05) is 44.2 Å². The van der Waals surface area contributed by atoms with Crippen molar-refractivity contribution in [1.29, 1.82) is 5.26 Å². The maximum atomic E-state index is 13.6. The fourth-order valence-electron chi connectivity index (χ4n) is 5.18. The summed E-state index contributed by atoms with van der Waals surface area (Å²) in [5.41, 5.74) is 11.5. The molecule has 0 amide bonds. The van der Waals surface area contributed by atoms with Crippen molar-refractivity contribution in [3.8, 4) is 6.07 Å². The minimum atomic E-state index is -0.445. The molecule has 2 aromatic carbocycles. The molecule has 170 valence electrons. The van der Waals surface area contributed by atoms with Gasteiger partial charge in [0.1, 0.15) is 5.82 Å². The third-order valence-corrected chi connectivity index (χ3v) is 6.75. The fraction of sp³-hybridized carbons (Fsp3) is 0.357. The second-order valence-electron chi connectivity index (χ2n) is 9.58. The molecule has 2 aliphatic rings. The number of nitrogens with two attached hydrogens (primary N) is 1. The zero-order chi connectivity index (χ0) is 23.8. The smallest absolute Gasteiger partial charge is 0.162 e. The lowest BCUT2D eigenvalue weighted by Gasteiger charge is -2.43. The molecule has 0 fully saturated rings. The summed E-state index contributed by atoms with van der Waals surface area (Å²) >= 11 is 0. The number of carbonyl (C=O) groups is 1. The highest BCUT2D eigenvalue weighted by molar-refractivity contribution is 6.01. The maximum Gasteiger partial charge on any atom is 0.162 e. The Labute approximate surface area is 196 Å². The Morgan fingerprint density at radius 3 is 2.27 bits per heavy atom. The molecule has 0 unspecified atom stereocenters. The minimum Gasteiger partial charge on any atom is -0.384 e. The van der Waals surface area contributed by atoms with Gasteiger partial charge in [0.25, 0.3) is 0 Å². The van der Waals surface area contributed by atoms with E-state index in [1.807, 2.05) is 47.4 Å². The van der Waals surface area contributed by atoms with Gasteiger partial charge in [0.2, 0.25) is 0 Å².